The molecule has 0 atom stereocenters. The van der Waals surface area contributed by atoms with Gasteiger partial charge in [0.25, 0.3) is 0 Å². The number of benzene rings is 1. The van der Waals surface area contributed by atoms with Crippen molar-refractivity contribution in [1.29, 1.82) is 0 Å². The van der Waals surface area contributed by atoms with E-state index in [0.717, 1.165) is 23.7 Å². The summed E-state index contributed by atoms with van der Waals surface area (Å²) in [4.78, 5) is 2.71. The molecule has 98 valence electrons. The second kappa shape index (κ2) is 5.60. The molecule has 2 fully saturated rings. The maximum Gasteiger partial charge on any atom is 0.0409 e. The van der Waals surface area contributed by atoms with E-state index in [4.69, 9.17) is 11.6 Å². The van der Waals surface area contributed by atoms with Gasteiger partial charge in [0.05, 0.1) is 0 Å². The normalized spacial score (nSPS) is 21.4. The van der Waals surface area contributed by atoms with Crippen molar-refractivity contribution in [3.8, 4) is 0 Å². The lowest BCUT2D eigenvalue weighted by atomic mass is 10.0. The summed E-state index contributed by atoms with van der Waals surface area (Å²) in [5.74, 6) is 0. The number of rotatable bonds is 4. The first-order chi connectivity index (χ1) is 8.83. The molecule has 1 aromatic rings. The molecule has 1 aliphatic carbocycles. The third-order valence-electron chi connectivity index (χ3n) is 4.05. The SMILES string of the molecule is Clc1cccc(CN(C2CCNCC2)C2CC2)c1. The fourth-order valence-corrected chi connectivity index (χ4v) is 3.16. The molecule has 3 heteroatoms. The Hall–Kier alpha value is -0.570. The van der Waals surface area contributed by atoms with Crippen molar-refractivity contribution in [2.24, 2.45) is 0 Å². The smallest absolute Gasteiger partial charge is 0.0409 e. The highest BCUT2D eigenvalue weighted by molar-refractivity contribution is 6.30. The van der Waals surface area contributed by atoms with Gasteiger partial charge in [0.2, 0.25) is 0 Å². The third-order valence-corrected chi connectivity index (χ3v) is 4.28. The average molecular weight is 265 g/mol. The maximum absolute atomic E-state index is 6.08. The van der Waals surface area contributed by atoms with Gasteiger partial charge in [0, 0.05) is 23.7 Å². The number of nitrogens with one attached hydrogen (secondary N) is 1. The molecule has 0 unspecified atom stereocenters. The summed E-state index contributed by atoms with van der Waals surface area (Å²) in [5, 5.41) is 4.31. The van der Waals surface area contributed by atoms with E-state index in [1.165, 1.54) is 44.3 Å². The number of hydrogen-bond acceptors (Lipinski definition) is 2. The van der Waals surface area contributed by atoms with Crippen LogP contribution >= 0.6 is 11.6 Å². The average Bonchev–Trinajstić information content (AvgIpc) is 3.21. The molecule has 1 N–H and O–H groups in total. The van der Waals surface area contributed by atoms with Crippen LogP contribution in [0.5, 0.6) is 0 Å². The summed E-state index contributed by atoms with van der Waals surface area (Å²) in [5.41, 5.74) is 1.35. The van der Waals surface area contributed by atoms with Crippen molar-refractivity contribution in [3.63, 3.8) is 0 Å². The Morgan fingerprint density at radius 1 is 1.11 bits per heavy atom. The summed E-state index contributed by atoms with van der Waals surface area (Å²) in [7, 11) is 0. The van der Waals surface area contributed by atoms with Gasteiger partial charge in [-0.15, -0.1) is 0 Å². The van der Waals surface area contributed by atoms with Crippen LogP contribution in [0.25, 0.3) is 0 Å². The van der Waals surface area contributed by atoms with Gasteiger partial charge >= 0.3 is 0 Å². The molecule has 2 nitrogen and oxygen atoms in total. The highest BCUT2D eigenvalue weighted by Gasteiger charge is 2.34. The minimum Gasteiger partial charge on any atom is -0.317 e. The zero-order chi connectivity index (χ0) is 12.4. The van der Waals surface area contributed by atoms with Crippen LogP contribution in [0.1, 0.15) is 31.2 Å². The van der Waals surface area contributed by atoms with Gasteiger partial charge in [-0.3, -0.25) is 4.90 Å². The Bertz CT molecular complexity index is 397. The van der Waals surface area contributed by atoms with Crippen molar-refractivity contribution in [2.45, 2.75) is 44.3 Å². The van der Waals surface area contributed by atoms with Crippen molar-refractivity contribution in [1.82, 2.24) is 10.2 Å². The Kier molecular flexibility index (Phi) is 3.88. The second-order valence-corrected chi connectivity index (χ2v) is 5.95. The number of nitrogens with zero attached hydrogens (tertiary/aromatic N) is 1. The zero-order valence-electron chi connectivity index (χ0n) is 10.7. The molecule has 18 heavy (non-hydrogen) atoms. The van der Waals surface area contributed by atoms with Crippen molar-refractivity contribution in [2.75, 3.05) is 13.1 Å². The van der Waals surface area contributed by atoms with E-state index in [2.05, 4.69) is 28.4 Å². The molecular weight excluding hydrogens is 244 g/mol. The van der Waals surface area contributed by atoms with E-state index in [1.54, 1.807) is 0 Å². The molecule has 1 aromatic carbocycles. The molecule has 1 aliphatic heterocycles. The minimum atomic E-state index is 0.762. The molecule has 3 rings (SSSR count). The predicted octanol–water partition coefficient (Wildman–Crippen LogP) is 3.06. The first-order valence-electron chi connectivity index (χ1n) is 7.04. The van der Waals surface area contributed by atoms with Crippen LogP contribution in [0.15, 0.2) is 24.3 Å². The lowest BCUT2D eigenvalue weighted by molar-refractivity contribution is 0.145. The molecule has 1 saturated heterocycles. The lowest BCUT2D eigenvalue weighted by Gasteiger charge is -2.35. The summed E-state index contributed by atoms with van der Waals surface area (Å²) in [6.07, 6.45) is 5.34. The molecule has 1 saturated carbocycles. The van der Waals surface area contributed by atoms with E-state index >= 15 is 0 Å². The zero-order valence-corrected chi connectivity index (χ0v) is 11.5. The first-order valence-corrected chi connectivity index (χ1v) is 7.41. The standard InChI is InChI=1S/C15H21ClN2/c16-13-3-1-2-12(10-13)11-18(14-4-5-14)15-6-8-17-9-7-15/h1-3,10,14-15,17H,4-9,11H2. The quantitative estimate of drug-likeness (QED) is 0.899. The largest absolute Gasteiger partial charge is 0.317 e. The van der Waals surface area contributed by atoms with Crippen LogP contribution < -0.4 is 5.32 Å². The minimum absolute atomic E-state index is 0.762. The van der Waals surface area contributed by atoms with Crippen LogP contribution in [0.3, 0.4) is 0 Å². The van der Waals surface area contributed by atoms with Crippen molar-refractivity contribution in [3.05, 3.63) is 34.9 Å². The van der Waals surface area contributed by atoms with Gasteiger partial charge in [-0.05, 0) is 56.5 Å². The molecule has 0 spiro atoms. The number of hydrogen-bond donors (Lipinski definition) is 1. The summed E-state index contributed by atoms with van der Waals surface area (Å²) >= 11 is 6.08. The van der Waals surface area contributed by atoms with E-state index in [0.29, 0.717) is 0 Å². The maximum atomic E-state index is 6.08. The molecule has 0 amide bonds. The molecular formula is C15H21ClN2. The fraction of sp³-hybridized carbons (Fsp3) is 0.600. The summed E-state index contributed by atoms with van der Waals surface area (Å²) in [6, 6.07) is 9.91. The fourth-order valence-electron chi connectivity index (χ4n) is 2.95. The van der Waals surface area contributed by atoms with Crippen molar-refractivity contribution < 1.29 is 0 Å². The number of halogens is 1. The van der Waals surface area contributed by atoms with E-state index in [9.17, 15) is 0 Å². The van der Waals surface area contributed by atoms with E-state index < -0.39 is 0 Å². The van der Waals surface area contributed by atoms with Gasteiger partial charge in [0.1, 0.15) is 0 Å². The predicted molar refractivity (Wildman–Crippen MR) is 75.9 cm³/mol. The Morgan fingerprint density at radius 2 is 1.83 bits per heavy atom. The van der Waals surface area contributed by atoms with Gasteiger partial charge in [-0.2, -0.15) is 0 Å². The Morgan fingerprint density at radius 3 is 2.50 bits per heavy atom. The Labute approximate surface area is 114 Å². The Balaban J connectivity index is 1.69. The van der Waals surface area contributed by atoms with Gasteiger partial charge in [0.15, 0.2) is 0 Å². The number of piperidine rings is 1. The third kappa shape index (κ3) is 3.05. The topological polar surface area (TPSA) is 15.3 Å². The van der Waals surface area contributed by atoms with Crippen LogP contribution in [0.4, 0.5) is 0 Å². The van der Waals surface area contributed by atoms with E-state index in [-0.39, 0.29) is 0 Å². The second-order valence-electron chi connectivity index (χ2n) is 5.51. The van der Waals surface area contributed by atoms with Crippen LogP contribution in [-0.4, -0.2) is 30.1 Å². The van der Waals surface area contributed by atoms with Crippen molar-refractivity contribution >= 4 is 11.6 Å². The van der Waals surface area contributed by atoms with Crippen LogP contribution in [0.2, 0.25) is 5.02 Å². The molecule has 0 aromatic heterocycles. The van der Waals surface area contributed by atoms with Crippen LogP contribution in [-0.2, 0) is 6.54 Å². The van der Waals surface area contributed by atoms with E-state index in [1.807, 2.05) is 6.07 Å². The molecule has 0 bridgehead atoms. The first kappa shape index (κ1) is 12.5. The van der Waals surface area contributed by atoms with Gasteiger partial charge in [-0.1, -0.05) is 23.7 Å². The lowest BCUT2D eigenvalue weighted by Crippen LogP contribution is -2.43. The molecule has 2 aliphatic rings. The molecule has 0 radical (unpaired) electrons. The molecule has 1 heterocycles. The highest BCUT2D eigenvalue weighted by atomic mass is 35.5. The summed E-state index contributed by atoms with van der Waals surface area (Å²) < 4.78 is 0. The highest BCUT2D eigenvalue weighted by Crippen LogP contribution is 2.32. The monoisotopic (exact) mass is 264 g/mol. The van der Waals surface area contributed by atoms with Gasteiger partial charge in [-0.25, -0.2) is 0 Å². The summed E-state index contributed by atoms with van der Waals surface area (Å²) in [6.45, 7) is 3.41. The van der Waals surface area contributed by atoms with Crippen LogP contribution in [0, 0.1) is 0 Å². The van der Waals surface area contributed by atoms with Gasteiger partial charge < -0.3 is 5.32 Å².